The fraction of sp³-hybridized carbons (Fsp3) is 0.562. The Labute approximate surface area is 241 Å². The van der Waals surface area contributed by atoms with E-state index in [1.165, 1.54) is 11.8 Å². The second-order valence-corrected chi connectivity index (χ2v) is 13.2. The van der Waals surface area contributed by atoms with Crippen LogP contribution >= 0.6 is 0 Å². The molecule has 226 valence electrons. The number of benzene rings is 2. The zero-order valence-corrected chi connectivity index (χ0v) is 25.2. The monoisotopic (exact) mass is 576 g/mol. The maximum absolute atomic E-state index is 13.8. The van der Waals surface area contributed by atoms with Gasteiger partial charge in [0, 0.05) is 30.0 Å². The highest BCUT2D eigenvalue weighted by molar-refractivity contribution is 5.87. The normalized spacial score (nSPS) is 22.5. The van der Waals surface area contributed by atoms with E-state index < -0.39 is 59.8 Å². The van der Waals surface area contributed by atoms with Gasteiger partial charge in [-0.1, -0.05) is 90.9 Å². The van der Waals surface area contributed by atoms with Crippen molar-refractivity contribution in [3.8, 4) is 5.75 Å². The van der Waals surface area contributed by atoms with Gasteiger partial charge in [-0.25, -0.2) is 4.79 Å². The lowest BCUT2D eigenvalue weighted by Crippen LogP contribution is -2.49. The number of carboxylic acid groups (broad SMARTS) is 1. The molecular formula is C32H43F3N2O4. The molecule has 1 saturated heterocycles. The zero-order valence-electron chi connectivity index (χ0n) is 25.2. The molecule has 0 aliphatic carbocycles. The molecule has 5 atom stereocenters. The number of nitrogens with one attached hydrogen (secondary N) is 1. The Morgan fingerprint density at radius 3 is 2.12 bits per heavy atom. The first-order valence-corrected chi connectivity index (χ1v) is 13.9. The van der Waals surface area contributed by atoms with Crippen molar-refractivity contribution in [1.82, 2.24) is 10.2 Å². The van der Waals surface area contributed by atoms with Crippen molar-refractivity contribution in [3.05, 3.63) is 65.2 Å². The van der Waals surface area contributed by atoms with Gasteiger partial charge in [-0.2, -0.15) is 13.2 Å². The Morgan fingerprint density at radius 2 is 1.63 bits per heavy atom. The molecule has 9 heteroatoms. The van der Waals surface area contributed by atoms with E-state index in [0.717, 1.165) is 11.1 Å². The number of carbonyl (C=O) groups excluding carboxylic acids is 1. The number of amides is 1. The number of hydrogen-bond donors (Lipinski definition) is 2. The van der Waals surface area contributed by atoms with E-state index in [2.05, 4.69) is 26.1 Å². The summed E-state index contributed by atoms with van der Waals surface area (Å²) in [4.78, 5) is 27.9. The van der Waals surface area contributed by atoms with Crippen LogP contribution in [0.2, 0.25) is 0 Å². The molecular weight excluding hydrogens is 533 g/mol. The summed E-state index contributed by atoms with van der Waals surface area (Å²) in [6, 6.07) is 12.2. The molecule has 1 fully saturated rings. The molecule has 6 nitrogen and oxygen atoms in total. The molecule has 1 heterocycles. The first-order chi connectivity index (χ1) is 18.9. The Kier molecular flexibility index (Phi) is 9.53. The number of likely N-dealkylation sites (tertiary alicyclic amines) is 1. The first-order valence-electron chi connectivity index (χ1n) is 13.9. The van der Waals surface area contributed by atoms with Crippen LogP contribution in [0.1, 0.15) is 77.6 Å². The fourth-order valence-corrected chi connectivity index (χ4v) is 6.03. The van der Waals surface area contributed by atoms with Crippen LogP contribution in [0.25, 0.3) is 0 Å². The molecule has 1 aliphatic heterocycles. The van der Waals surface area contributed by atoms with Crippen LogP contribution in [0.4, 0.5) is 13.2 Å². The van der Waals surface area contributed by atoms with Crippen LogP contribution in [0.5, 0.6) is 5.75 Å². The lowest BCUT2D eigenvalue weighted by Gasteiger charge is -2.35. The van der Waals surface area contributed by atoms with Gasteiger partial charge in [0.15, 0.2) is 0 Å². The first kappa shape index (κ1) is 32.4. The molecule has 3 rings (SSSR count). The summed E-state index contributed by atoms with van der Waals surface area (Å²) in [5.41, 5.74) is 1.87. The Bertz CT molecular complexity index is 1220. The second kappa shape index (κ2) is 12.0. The zero-order chi connectivity index (χ0) is 30.9. The number of halogens is 3. The van der Waals surface area contributed by atoms with E-state index >= 15 is 0 Å². The molecule has 41 heavy (non-hydrogen) atoms. The van der Waals surface area contributed by atoms with Gasteiger partial charge in [0.1, 0.15) is 11.8 Å². The van der Waals surface area contributed by atoms with E-state index in [4.69, 9.17) is 4.74 Å². The molecule has 0 radical (unpaired) electrons. The smallest absolute Gasteiger partial charge is 0.389 e. The average Bonchev–Trinajstić information content (AvgIpc) is 3.21. The van der Waals surface area contributed by atoms with Crippen molar-refractivity contribution in [2.45, 2.75) is 91.1 Å². The van der Waals surface area contributed by atoms with Crippen LogP contribution in [0, 0.1) is 17.3 Å². The number of methoxy groups -OCH3 is 1. The minimum absolute atomic E-state index is 0.124. The number of ether oxygens (including phenoxy) is 1. The Morgan fingerprint density at radius 1 is 1.02 bits per heavy atom. The average molecular weight is 577 g/mol. The summed E-state index contributed by atoms with van der Waals surface area (Å²) in [5.74, 6) is -3.46. The number of alkyl halides is 3. The predicted molar refractivity (Wildman–Crippen MR) is 153 cm³/mol. The summed E-state index contributed by atoms with van der Waals surface area (Å²) in [6.07, 6.45) is -5.89. The van der Waals surface area contributed by atoms with Crippen LogP contribution < -0.4 is 10.1 Å². The Balaban J connectivity index is 2.16. The standard InChI is InChI=1S/C32H43F3N2O4/c1-19(17-32(33,34)35)28(38)37-26(20-12-10-9-11-13-20)25(24(31(5,6)7)27(37)29(39)40)36-18-21-16-22(30(2,3)4)14-15-23(21)41-8/h9-16,19,24-27,36H,17-18H2,1-8H3,(H,39,40)/t19?,24-,25-,26-,27-/m0/s1. The number of nitrogens with zero attached hydrogens (tertiary/aromatic N) is 1. The van der Waals surface area contributed by atoms with Gasteiger partial charge < -0.3 is 20.1 Å². The van der Waals surface area contributed by atoms with Crippen molar-refractivity contribution >= 4 is 11.9 Å². The fourth-order valence-electron chi connectivity index (χ4n) is 6.03. The third-order valence-corrected chi connectivity index (χ3v) is 7.95. The number of carbonyl (C=O) groups is 2. The second-order valence-electron chi connectivity index (χ2n) is 13.2. The largest absolute Gasteiger partial charge is 0.496 e. The van der Waals surface area contributed by atoms with Crippen molar-refractivity contribution in [1.29, 1.82) is 0 Å². The van der Waals surface area contributed by atoms with Crippen molar-refractivity contribution < 1.29 is 32.6 Å². The lowest BCUT2D eigenvalue weighted by atomic mass is 9.72. The molecule has 1 amide bonds. The molecule has 0 spiro atoms. The van der Waals surface area contributed by atoms with Crippen LogP contribution in [-0.2, 0) is 21.5 Å². The van der Waals surface area contributed by atoms with E-state index in [9.17, 15) is 27.9 Å². The van der Waals surface area contributed by atoms with Crippen molar-refractivity contribution in [2.75, 3.05) is 7.11 Å². The summed E-state index contributed by atoms with van der Waals surface area (Å²) in [7, 11) is 1.58. The van der Waals surface area contributed by atoms with E-state index in [1.54, 1.807) is 37.4 Å². The van der Waals surface area contributed by atoms with E-state index in [-0.39, 0.29) is 5.41 Å². The van der Waals surface area contributed by atoms with Crippen LogP contribution in [0.3, 0.4) is 0 Å². The molecule has 2 aromatic carbocycles. The molecule has 2 aromatic rings. The van der Waals surface area contributed by atoms with Gasteiger partial charge >= 0.3 is 12.1 Å². The third-order valence-electron chi connectivity index (χ3n) is 7.95. The molecule has 0 saturated carbocycles. The minimum atomic E-state index is -4.56. The van der Waals surface area contributed by atoms with Gasteiger partial charge in [-0.05, 0) is 28.0 Å². The maximum atomic E-state index is 13.8. The quantitative estimate of drug-likeness (QED) is 0.364. The maximum Gasteiger partial charge on any atom is 0.389 e. The summed E-state index contributed by atoms with van der Waals surface area (Å²) in [6.45, 7) is 13.5. The molecule has 1 aliphatic rings. The highest BCUT2D eigenvalue weighted by atomic mass is 19.4. The number of hydrogen-bond acceptors (Lipinski definition) is 4. The minimum Gasteiger partial charge on any atom is -0.496 e. The molecule has 1 unspecified atom stereocenters. The van der Waals surface area contributed by atoms with Gasteiger partial charge in [-0.3, -0.25) is 4.79 Å². The number of aliphatic carboxylic acids is 1. The molecule has 0 bridgehead atoms. The third kappa shape index (κ3) is 7.42. The van der Waals surface area contributed by atoms with Gasteiger partial charge in [0.2, 0.25) is 5.91 Å². The van der Waals surface area contributed by atoms with Crippen molar-refractivity contribution in [2.24, 2.45) is 17.3 Å². The molecule has 2 N–H and O–H groups in total. The van der Waals surface area contributed by atoms with Gasteiger partial charge in [0.25, 0.3) is 0 Å². The van der Waals surface area contributed by atoms with Crippen molar-refractivity contribution in [3.63, 3.8) is 0 Å². The number of carboxylic acids is 1. The lowest BCUT2D eigenvalue weighted by molar-refractivity contribution is -0.164. The highest BCUT2D eigenvalue weighted by Crippen LogP contribution is 2.49. The van der Waals surface area contributed by atoms with Gasteiger partial charge in [-0.15, -0.1) is 0 Å². The highest BCUT2D eigenvalue weighted by Gasteiger charge is 2.58. The van der Waals surface area contributed by atoms with Gasteiger partial charge in [0.05, 0.1) is 19.6 Å². The summed E-state index contributed by atoms with van der Waals surface area (Å²) >= 11 is 0. The van der Waals surface area contributed by atoms with Crippen LogP contribution in [0.15, 0.2) is 48.5 Å². The summed E-state index contributed by atoms with van der Waals surface area (Å²) in [5, 5.41) is 14.0. The van der Waals surface area contributed by atoms with Crippen LogP contribution in [-0.4, -0.2) is 47.3 Å². The predicted octanol–water partition coefficient (Wildman–Crippen LogP) is 6.74. The SMILES string of the molecule is COc1ccc(C(C)(C)C)cc1CN[C@H]1[C@H](C(C)(C)C)[C@@H](C(=O)O)N(C(=O)C(C)CC(F)(F)F)[C@H]1c1ccccc1. The summed E-state index contributed by atoms with van der Waals surface area (Å²) < 4.78 is 45.7. The van der Waals surface area contributed by atoms with E-state index in [1.807, 2.05) is 39.0 Å². The number of rotatable bonds is 8. The van der Waals surface area contributed by atoms with E-state index in [0.29, 0.717) is 17.9 Å². The Hall–Kier alpha value is -3.07. The topological polar surface area (TPSA) is 78.9 Å². The molecule has 0 aromatic heterocycles.